The van der Waals surface area contributed by atoms with Crippen LogP contribution in [0.25, 0.3) is 0 Å². The molecule has 2 aromatic rings. The fourth-order valence-corrected chi connectivity index (χ4v) is 2.04. The molecule has 0 spiro atoms. The number of hydrogen-bond acceptors (Lipinski definition) is 5. The third-order valence-electron chi connectivity index (χ3n) is 3.32. The van der Waals surface area contributed by atoms with Crippen molar-refractivity contribution >= 4 is 23.0 Å². The molecule has 0 heterocycles. The molecule has 0 unspecified atom stereocenters. The van der Waals surface area contributed by atoms with Gasteiger partial charge < -0.3 is 15.3 Å². The van der Waals surface area contributed by atoms with Gasteiger partial charge >= 0.3 is 0 Å². The third kappa shape index (κ3) is 4.27. The number of nitrogens with one attached hydrogen (secondary N) is 1. The number of aliphatic hydroxyl groups excluding tert-OH is 1. The van der Waals surface area contributed by atoms with E-state index in [2.05, 4.69) is 5.32 Å². The van der Waals surface area contributed by atoms with Gasteiger partial charge in [-0.1, -0.05) is 6.07 Å². The summed E-state index contributed by atoms with van der Waals surface area (Å²) in [6, 6.07) is 12.7. The SMILES string of the molecule is CN(CCO)c1ccc(NC(=O)c2cccc([N+](=O)[O-])c2)cc1. The third-order valence-corrected chi connectivity index (χ3v) is 3.32. The smallest absolute Gasteiger partial charge is 0.270 e. The van der Waals surface area contributed by atoms with Gasteiger partial charge in [-0.05, 0) is 30.3 Å². The van der Waals surface area contributed by atoms with E-state index in [1.807, 2.05) is 24.1 Å². The standard InChI is InChI=1S/C16H17N3O4/c1-18(9-10-20)14-7-5-13(6-8-14)17-16(21)12-3-2-4-15(11-12)19(22)23/h2-8,11,20H,9-10H2,1H3,(H,17,21). The average molecular weight is 315 g/mol. The molecule has 0 saturated heterocycles. The van der Waals surface area contributed by atoms with Crippen molar-refractivity contribution in [1.82, 2.24) is 0 Å². The molecule has 0 aliphatic heterocycles. The van der Waals surface area contributed by atoms with Gasteiger partial charge in [0, 0.05) is 42.7 Å². The van der Waals surface area contributed by atoms with Crippen molar-refractivity contribution in [3.8, 4) is 0 Å². The molecule has 0 saturated carbocycles. The Morgan fingerprint density at radius 3 is 2.57 bits per heavy atom. The van der Waals surface area contributed by atoms with E-state index in [1.165, 1.54) is 24.3 Å². The zero-order chi connectivity index (χ0) is 16.8. The molecule has 23 heavy (non-hydrogen) atoms. The second kappa shape index (κ2) is 7.37. The van der Waals surface area contributed by atoms with Gasteiger partial charge in [-0.2, -0.15) is 0 Å². The van der Waals surface area contributed by atoms with Gasteiger partial charge in [0.1, 0.15) is 0 Å². The lowest BCUT2D eigenvalue weighted by molar-refractivity contribution is -0.384. The van der Waals surface area contributed by atoms with Crippen LogP contribution in [-0.2, 0) is 0 Å². The van der Waals surface area contributed by atoms with Gasteiger partial charge in [0.05, 0.1) is 11.5 Å². The predicted octanol–water partition coefficient (Wildman–Crippen LogP) is 2.28. The van der Waals surface area contributed by atoms with Crippen molar-refractivity contribution in [3.05, 3.63) is 64.2 Å². The molecule has 2 rings (SSSR count). The Balaban J connectivity index is 2.08. The molecule has 120 valence electrons. The number of anilines is 2. The molecule has 0 bridgehead atoms. The van der Waals surface area contributed by atoms with E-state index < -0.39 is 10.8 Å². The first-order valence-electron chi connectivity index (χ1n) is 6.99. The van der Waals surface area contributed by atoms with Crippen LogP contribution in [0.1, 0.15) is 10.4 Å². The van der Waals surface area contributed by atoms with Gasteiger partial charge in [0.15, 0.2) is 0 Å². The van der Waals surface area contributed by atoms with Crippen LogP contribution in [0.3, 0.4) is 0 Å². The summed E-state index contributed by atoms with van der Waals surface area (Å²) in [4.78, 5) is 24.2. The molecule has 0 atom stereocenters. The number of nitrogens with zero attached hydrogens (tertiary/aromatic N) is 2. The number of likely N-dealkylation sites (N-methyl/N-ethyl adjacent to an activating group) is 1. The van der Waals surface area contributed by atoms with Crippen LogP contribution < -0.4 is 10.2 Å². The van der Waals surface area contributed by atoms with Crippen LogP contribution >= 0.6 is 0 Å². The lowest BCUT2D eigenvalue weighted by atomic mass is 10.2. The minimum Gasteiger partial charge on any atom is -0.395 e. The Morgan fingerprint density at radius 1 is 1.26 bits per heavy atom. The van der Waals surface area contributed by atoms with Crippen molar-refractivity contribution in [1.29, 1.82) is 0 Å². The lowest BCUT2D eigenvalue weighted by Gasteiger charge is -2.18. The number of benzene rings is 2. The van der Waals surface area contributed by atoms with Crippen LogP contribution in [-0.4, -0.2) is 36.1 Å². The summed E-state index contributed by atoms with van der Waals surface area (Å²) in [5.74, 6) is -0.412. The number of carbonyl (C=O) groups is 1. The highest BCUT2D eigenvalue weighted by Crippen LogP contribution is 2.18. The van der Waals surface area contributed by atoms with E-state index in [0.717, 1.165) is 5.69 Å². The van der Waals surface area contributed by atoms with E-state index in [4.69, 9.17) is 5.11 Å². The molecule has 7 nitrogen and oxygen atoms in total. The average Bonchev–Trinajstić information content (AvgIpc) is 2.55. The first kappa shape index (κ1) is 16.4. The summed E-state index contributed by atoms with van der Waals surface area (Å²) in [6.45, 7) is 0.571. The van der Waals surface area contributed by atoms with Crippen molar-refractivity contribution < 1.29 is 14.8 Å². The van der Waals surface area contributed by atoms with Crippen LogP contribution in [0, 0.1) is 10.1 Å². The summed E-state index contributed by atoms with van der Waals surface area (Å²) >= 11 is 0. The number of nitro benzene ring substituents is 1. The molecule has 7 heteroatoms. The summed E-state index contributed by atoms with van der Waals surface area (Å²) in [7, 11) is 1.85. The quantitative estimate of drug-likeness (QED) is 0.630. The van der Waals surface area contributed by atoms with Gasteiger partial charge in [-0.25, -0.2) is 0 Å². The van der Waals surface area contributed by atoms with Crippen molar-refractivity contribution in [2.24, 2.45) is 0 Å². The zero-order valence-electron chi connectivity index (χ0n) is 12.6. The van der Waals surface area contributed by atoms with Crippen LogP contribution in [0.2, 0.25) is 0 Å². The second-order valence-electron chi connectivity index (χ2n) is 4.95. The molecule has 2 N–H and O–H groups in total. The lowest BCUT2D eigenvalue weighted by Crippen LogP contribution is -2.21. The maximum absolute atomic E-state index is 12.1. The highest BCUT2D eigenvalue weighted by atomic mass is 16.6. The number of rotatable bonds is 6. The van der Waals surface area contributed by atoms with E-state index in [0.29, 0.717) is 12.2 Å². The topological polar surface area (TPSA) is 95.7 Å². The van der Waals surface area contributed by atoms with Gasteiger partial charge in [-0.15, -0.1) is 0 Å². The number of non-ortho nitro benzene ring substituents is 1. The van der Waals surface area contributed by atoms with E-state index in [-0.39, 0.29) is 17.9 Å². The molecule has 0 aliphatic carbocycles. The molecule has 0 aliphatic rings. The highest BCUT2D eigenvalue weighted by molar-refractivity contribution is 6.04. The number of amides is 1. The monoisotopic (exact) mass is 315 g/mol. The summed E-state index contributed by atoms with van der Waals surface area (Å²) in [5, 5.41) is 22.3. The number of aliphatic hydroxyl groups is 1. The molecule has 0 aromatic heterocycles. The Labute approximate surface area is 133 Å². The summed E-state index contributed by atoms with van der Waals surface area (Å²) < 4.78 is 0. The zero-order valence-corrected chi connectivity index (χ0v) is 12.6. The normalized spacial score (nSPS) is 10.2. The van der Waals surface area contributed by atoms with Crippen molar-refractivity contribution in [3.63, 3.8) is 0 Å². The molecular weight excluding hydrogens is 298 g/mol. The van der Waals surface area contributed by atoms with E-state index >= 15 is 0 Å². The first-order valence-corrected chi connectivity index (χ1v) is 6.99. The number of nitro groups is 1. The fourth-order valence-electron chi connectivity index (χ4n) is 2.04. The van der Waals surface area contributed by atoms with Crippen LogP contribution in [0.4, 0.5) is 17.1 Å². The Bertz CT molecular complexity index is 701. The molecular formula is C16H17N3O4. The predicted molar refractivity (Wildman–Crippen MR) is 87.8 cm³/mol. The Morgan fingerprint density at radius 2 is 1.96 bits per heavy atom. The number of carbonyl (C=O) groups excluding carboxylic acids is 1. The van der Waals surface area contributed by atoms with E-state index in [1.54, 1.807) is 12.1 Å². The summed E-state index contributed by atoms with van der Waals surface area (Å²) in [6.07, 6.45) is 0. The maximum Gasteiger partial charge on any atom is 0.270 e. The Hall–Kier alpha value is -2.93. The highest BCUT2D eigenvalue weighted by Gasteiger charge is 2.11. The maximum atomic E-state index is 12.1. The van der Waals surface area contributed by atoms with Crippen molar-refractivity contribution in [2.75, 3.05) is 30.4 Å². The van der Waals surface area contributed by atoms with Crippen LogP contribution in [0.15, 0.2) is 48.5 Å². The molecule has 0 radical (unpaired) electrons. The van der Waals surface area contributed by atoms with Gasteiger partial charge in [0.25, 0.3) is 11.6 Å². The molecule has 2 aromatic carbocycles. The summed E-state index contributed by atoms with van der Waals surface area (Å²) in [5.41, 5.74) is 1.59. The molecule has 1 amide bonds. The minimum absolute atomic E-state index is 0.0573. The Kier molecular flexibility index (Phi) is 5.27. The minimum atomic E-state index is -0.539. The van der Waals surface area contributed by atoms with E-state index in [9.17, 15) is 14.9 Å². The number of hydrogen-bond donors (Lipinski definition) is 2. The van der Waals surface area contributed by atoms with Crippen LogP contribution in [0.5, 0.6) is 0 Å². The molecule has 0 fully saturated rings. The fraction of sp³-hybridized carbons (Fsp3) is 0.188. The van der Waals surface area contributed by atoms with Crippen molar-refractivity contribution in [2.45, 2.75) is 0 Å². The second-order valence-corrected chi connectivity index (χ2v) is 4.95. The first-order chi connectivity index (χ1) is 11.0. The van der Waals surface area contributed by atoms with Gasteiger partial charge in [-0.3, -0.25) is 14.9 Å². The largest absolute Gasteiger partial charge is 0.395 e. The van der Waals surface area contributed by atoms with Gasteiger partial charge in [0.2, 0.25) is 0 Å².